The van der Waals surface area contributed by atoms with Gasteiger partial charge in [-0.1, -0.05) is 152 Å². The van der Waals surface area contributed by atoms with Crippen LogP contribution >= 0.6 is 22.7 Å². The van der Waals surface area contributed by atoms with Crippen molar-refractivity contribution in [3.63, 3.8) is 0 Å². The highest BCUT2D eigenvalue weighted by atomic mass is 32.1. The van der Waals surface area contributed by atoms with Crippen molar-refractivity contribution in [2.45, 2.75) is 5.41 Å². The van der Waals surface area contributed by atoms with Gasteiger partial charge in [-0.05, 0) is 131 Å². The van der Waals surface area contributed by atoms with Crippen molar-refractivity contribution in [2.75, 3.05) is 9.80 Å². The van der Waals surface area contributed by atoms with E-state index in [1.54, 1.807) is 0 Å². The first-order valence-electron chi connectivity index (χ1n) is 24.6. The largest absolute Gasteiger partial charge is 0.449 e. The van der Waals surface area contributed by atoms with E-state index in [4.69, 9.17) is 9.47 Å². The van der Waals surface area contributed by atoms with Crippen LogP contribution in [-0.2, 0) is 5.41 Å². The summed E-state index contributed by atoms with van der Waals surface area (Å²) in [6, 6.07) is 92.1. The number of hydrogen-bond donors (Lipinski definition) is 0. The molecule has 1 aliphatic heterocycles. The molecule has 2 aliphatic rings. The molecule has 13 aromatic rings. The average molecular weight is 971 g/mol. The third kappa shape index (κ3) is 6.37. The molecular formula is C67H42N2O2S2. The van der Waals surface area contributed by atoms with Gasteiger partial charge in [-0.2, -0.15) is 0 Å². The molecule has 1 aliphatic carbocycles. The van der Waals surface area contributed by atoms with E-state index in [1.165, 1.54) is 62.6 Å². The zero-order chi connectivity index (χ0) is 48.0. The molecule has 3 heterocycles. The first-order valence-corrected chi connectivity index (χ1v) is 26.3. The number of rotatable bonds is 8. The van der Waals surface area contributed by atoms with Gasteiger partial charge in [0, 0.05) is 69.6 Å². The Morgan fingerprint density at radius 1 is 0.329 bits per heavy atom. The van der Waals surface area contributed by atoms with Crippen molar-refractivity contribution in [3.8, 4) is 34.1 Å². The zero-order valence-corrected chi connectivity index (χ0v) is 40.9. The fourth-order valence-corrected chi connectivity index (χ4v) is 14.1. The first-order chi connectivity index (χ1) is 36.2. The Kier molecular flexibility index (Phi) is 9.49. The summed E-state index contributed by atoms with van der Waals surface area (Å²) in [6.07, 6.45) is 0. The van der Waals surface area contributed by atoms with E-state index < -0.39 is 5.41 Å². The Morgan fingerprint density at radius 3 is 1.55 bits per heavy atom. The molecule has 15 rings (SSSR count). The molecule has 0 bridgehead atoms. The number of nitrogens with zero attached hydrogens (tertiary/aromatic N) is 2. The third-order valence-corrected chi connectivity index (χ3v) is 17.2. The van der Waals surface area contributed by atoms with E-state index in [9.17, 15) is 0 Å². The van der Waals surface area contributed by atoms with Crippen LogP contribution in [0.1, 0.15) is 22.3 Å². The third-order valence-electron chi connectivity index (χ3n) is 14.8. The molecule has 0 saturated heterocycles. The molecule has 4 nitrogen and oxygen atoms in total. The molecule has 0 N–H and O–H groups in total. The number of thiophene rings is 2. The summed E-state index contributed by atoms with van der Waals surface area (Å²) in [6.45, 7) is 0. The predicted molar refractivity (Wildman–Crippen MR) is 305 cm³/mol. The molecule has 11 aromatic carbocycles. The van der Waals surface area contributed by atoms with E-state index in [0.717, 1.165) is 51.0 Å². The van der Waals surface area contributed by atoms with Crippen molar-refractivity contribution in [3.05, 3.63) is 277 Å². The van der Waals surface area contributed by atoms with Gasteiger partial charge in [0.15, 0.2) is 23.0 Å². The minimum atomic E-state index is -0.759. The fraction of sp³-hybridized carbons (Fsp3) is 0.0149. The van der Waals surface area contributed by atoms with Crippen LogP contribution in [0.5, 0.6) is 23.0 Å². The van der Waals surface area contributed by atoms with Crippen LogP contribution in [0.25, 0.3) is 51.5 Å². The van der Waals surface area contributed by atoms with Crippen molar-refractivity contribution >= 4 is 97.1 Å². The Morgan fingerprint density at radius 2 is 0.863 bits per heavy atom. The lowest BCUT2D eigenvalue weighted by atomic mass is 9.67. The Labute approximate surface area is 430 Å². The molecule has 6 heteroatoms. The van der Waals surface area contributed by atoms with Crippen molar-refractivity contribution < 1.29 is 9.47 Å². The lowest BCUT2D eigenvalue weighted by Crippen LogP contribution is -2.28. The molecule has 2 aromatic heterocycles. The van der Waals surface area contributed by atoms with Crippen molar-refractivity contribution in [1.82, 2.24) is 0 Å². The van der Waals surface area contributed by atoms with E-state index in [0.29, 0.717) is 17.2 Å². The van der Waals surface area contributed by atoms with Gasteiger partial charge in [-0.15, -0.1) is 22.7 Å². The second-order valence-corrected chi connectivity index (χ2v) is 20.8. The lowest BCUT2D eigenvalue weighted by Gasteiger charge is -2.34. The van der Waals surface area contributed by atoms with Crippen LogP contribution in [0.3, 0.4) is 0 Å². The van der Waals surface area contributed by atoms with Crippen LogP contribution in [0.4, 0.5) is 34.1 Å². The molecule has 0 fully saturated rings. The van der Waals surface area contributed by atoms with Crippen LogP contribution in [0, 0.1) is 0 Å². The summed E-state index contributed by atoms with van der Waals surface area (Å²) in [5, 5.41) is 4.91. The van der Waals surface area contributed by atoms with Gasteiger partial charge in [-0.25, -0.2) is 0 Å². The number of anilines is 6. The molecular weight excluding hydrogens is 929 g/mol. The summed E-state index contributed by atoms with van der Waals surface area (Å²) >= 11 is 3.74. The Balaban J connectivity index is 0.994. The maximum absolute atomic E-state index is 6.98. The van der Waals surface area contributed by atoms with Crippen LogP contribution in [-0.4, -0.2) is 0 Å². The molecule has 344 valence electrons. The maximum Gasteiger partial charge on any atom is 0.178 e. The Hall–Kier alpha value is -8.94. The average Bonchev–Trinajstić information content (AvgIpc) is 4.13. The fourth-order valence-electron chi connectivity index (χ4n) is 11.7. The van der Waals surface area contributed by atoms with Crippen LogP contribution in [0.2, 0.25) is 0 Å². The van der Waals surface area contributed by atoms with Crippen LogP contribution in [0.15, 0.2) is 255 Å². The van der Waals surface area contributed by atoms with Gasteiger partial charge in [0.2, 0.25) is 0 Å². The molecule has 1 atom stereocenters. The summed E-state index contributed by atoms with van der Waals surface area (Å²) in [5.74, 6) is 2.88. The van der Waals surface area contributed by atoms with Gasteiger partial charge >= 0.3 is 0 Å². The quantitative estimate of drug-likeness (QED) is 0.151. The SMILES string of the molecule is c1ccc(N(c2ccccc2)c2ccc3sc4c(C5(c6ccc7sc8c(N(c9ccccc9)c9ccccc9)cccc8c7c6)c6ccccc6-c6c5ccc5c6Oc6ccccc6O5)cccc4c3c2)cc1. The van der Waals surface area contributed by atoms with Crippen LogP contribution < -0.4 is 19.3 Å². The molecule has 73 heavy (non-hydrogen) atoms. The van der Waals surface area contributed by atoms with E-state index in [1.807, 2.05) is 46.9 Å². The molecule has 0 spiro atoms. The topological polar surface area (TPSA) is 24.9 Å². The standard InChI is InChI=1S/C67H42N2O2S2/c1-5-19-44(20-6-1)68(45-21-7-2-8-22-45)48-36-40-62-53(42-48)49-28-17-31-56(65(49)72-62)67(54-30-14-13-27-51(54)63-55(67)37-38-60-64(63)71-59-34-16-15-33-58(59)70-60)43-35-39-61-52(41-43)50-29-18-32-57(66(50)73-61)69(46-23-9-3-10-24-46)47-25-11-4-12-26-47/h1-42H. The number of para-hydroxylation sites is 6. The van der Waals surface area contributed by atoms with Gasteiger partial charge in [-0.3, -0.25) is 0 Å². The van der Waals surface area contributed by atoms with E-state index >= 15 is 0 Å². The molecule has 0 saturated carbocycles. The smallest absolute Gasteiger partial charge is 0.178 e. The summed E-state index contributed by atoms with van der Waals surface area (Å²) in [5.41, 5.74) is 13.0. The number of hydrogen-bond acceptors (Lipinski definition) is 6. The minimum absolute atomic E-state index is 0.711. The molecule has 0 radical (unpaired) electrons. The monoisotopic (exact) mass is 970 g/mol. The predicted octanol–water partition coefficient (Wildman–Crippen LogP) is 19.6. The first kappa shape index (κ1) is 41.8. The highest BCUT2D eigenvalue weighted by molar-refractivity contribution is 7.26. The van der Waals surface area contributed by atoms with E-state index in [-0.39, 0.29) is 0 Å². The second-order valence-electron chi connectivity index (χ2n) is 18.7. The van der Waals surface area contributed by atoms with Gasteiger partial charge in [0.1, 0.15) is 0 Å². The Bertz CT molecular complexity index is 4210. The van der Waals surface area contributed by atoms with Crippen molar-refractivity contribution in [1.29, 1.82) is 0 Å². The normalized spacial score (nSPS) is 14.3. The number of fused-ring (bicyclic) bond motifs is 12. The summed E-state index contributed by atoms with van der Waals surface area (Å²) in [4.78, 5) is 4.74. The van der Waals surface area contributed by atoms with Crippen molar-refractivity contribution in [2.24, 2.45) is 0 Å². The summed E-state index contributed by atoms with van der Waals surface area (Å²) < 4.78 is 18.6. The maximum atomic E-state index is 6.98. The second kappa shape index (κ2) is 16.6. The van der Waals surface area contributed by atoms with Gasteiger partial charge < -0.3 is 19.3 Å². The summed E-state index contributed by atoms with van der Waals surface area (Å²) in [7, 11) is 0. The highest BCUT2D eigenvalue weighted by Gasteiger charge is 2.49. The van der Waals surface area contributed by atoms with Gasteiger partial charge in [0.05, 0.1) is 15.8 Å². The van der Waals surface area contributed by atoms with Gasteiger partial charge in [0.25, 0.3) is 0 Å². The van der Waals surface area contributed by atoms with E-state index in [2.05, 4.69) is 240 Å². The zero-order valence-electron chi connectivity index (χ0n) is 39.3. The molecule has 0 amide bonds. The minimum Gasteiger partial charge on any atom is -0.449 e. The number of benzene rings is 11. The highest BCUT2D eigenvalue weighted by Crippen LogP contribution is 2.64. The molecule has 1 unspecified atom stereocenters. The lowest BCUT2D eigenvalue weighted by molar-refractivity contribution is 0.360. The number of ether oxygens (including phenoxy) is 2.